The molecule has 1 aliphatic rings. The van der Waals surface area contributed by atoms with Gasteiger partial charge in [-0.25, -0.2) is 4.98 Å². The van der Waals surface area contributed by atoms with E-state index in [4.69, 9.17) is 11.6 Å². The van der Waals surface area contributed by atoms with Gasteiger partial charge in [-0.2, -0.15) is 11.8 Å². The standard InChI is InChI=1S/C18H22ClN3OS/c1-12(24-2)18(23)22-10-4-3-5-16(22)17-20-11-15(21-17)13-6-8-14(19)9-7-13/h6-9,11-12,16H,3-5,10H2,1-2H3,(H,20,21). The van der Waals surface area contributed by atoms with Gasteiger partial charge in [0.1, 0.15) is 5.82 Å². The van der Waals surface area contributed by atoms with Crippen LogP contribution in [-0.4, -0.2) is 38.8 Å². The van der Waals surface area contributed by atoms with Gasteiger partial charge in [0.2, 0.25) is 5.91 Å². The molecule has 0 radical (unpaired) electrons. The van der Waals surface area contributed by atoms with E-state index in [1.54, 1.807) is 11.8 Å². The molecule has 0 bridgehead atoms. The quantitative estimate of drug-likeness (QED) is 0.867. The summed E-state index contributed by atoms with van der Waals surface area (Å²) in [6, 6.07) is 7.72. The number of aromatic amines is 1. The zero-order valence-corrected chi connectivity index (χ0v) is 15.5. The Morgan fingerprint density at radius 1 is 1.38 bits per heavy atom. The Labute approximate surface area is 152 Å². The number of thioether (sulfide) groups is 1. The minimum Gasteiger partial charge on any atom is -0.340 e. The molecule has 1 N–H and O–H groups in total. The lowest BCUT2D eigenvalue weighted by Crippen LogP contribution is -2.42. The van der Waals surface area contributed by atoms with E-state index in [1.165, 1.54) is 0 Å². The van der Waals surface area contributed by atoms with E-state index in [-0.39, 0.29) is 17.2 Å². The number of likely N-dealkylation sites (tertiary alicyclic amines) is 1. The van der Waals surface area contributed by atoms with Crippen LogP contribution in [0.2, 0.25) is 5.02 Å². The second-order valence-electron chi connectivity index (χ2n) is 6.11. The van der Waals surface area contributed by atoms with Crippen molar-refractivity contribution in [1.29, 1.82) is 0 Å². The predicted molar refractivity (Wildman–Crippen MR) is 100 cm³/mol. The van der Waals surface area contributed by atoms with Crippen LogP contribution in [0.15, 0.2) is 30.5 Å². The van der Waals surface area contributed by atoms with E-state index in [1.807, 2.05) is 48.5 Å². The number of carbonyl (C=O) groups is 1. The first-order valence-electron chi connectivity index (χ1n) is 8.24. The van der Waals surface area contributed by atoms with E-state index >= 15 is 0 Å². The summed E-state index contributed by atoms with van der Waals surface area (Å²) in [5.74, 6) is 1.08. The molecule has 1 aliphatic heterocycles. The summed E-state index contributed by atoms with van der Waals surface area (Å²) < 4.78 is 0. The number of hydrogen-bond donors (Lipinski definition) is 1. The average molecular weight is 364 g/mol. The van der Waals surface area contributed by atoms with E-state index in [9.17, 15) is 4.79 Å². The molecular formula is C18H22ClN3OS. The number of nitrogens with one attached hydrogen (secondary N) is 1. The molecule has 4 nitrogen and oxygen atoms in total. The maximum Gasteiger partial charge on any atom is 0.236 e. The largest absolute Gasteiger partial charge is 0.340 e. The molecule has 1 saturated heterocycles. The Bertz CT molecular complexity index is 701. The Kier molecular flexibility index (Phi) is 5.51. The molecule has 1 amide bonds. The van der Waals surface area contributed by atoms with Crippen LogP contribution in [-0.2, 0) is 4.79 Å². The van der Waals surface area contributed by atoms with E-state index in [0.717, 1.165) is 42.9 Å². The summed E-state index contributed by atoms with van der Waals surface area (Å²) in [7, 11) is 0. The van der Waals surface area contributed by atoms with Gasteiger partial charge in [0, 0.05) is 11.6 Å². The van der Waals surface area contributed by atoms with Gasteiger partial charge in [0.05, 0.1) is 23.2 Å². The van der Waals surface area contributed by atoms with Crippen molar-refractivity contribution in [2.75, 3.05) is 12.8 Å². The van der Waals surface area contributed by atoms with Crippen LogP contribution in [0.4, 0.5) is 0 Å². The summed E-state index contributed by atoms with van der Waals surface area (Å²) in [5.41, 5.74) is 2.00. The monoisotopic (exact) mass is 363 g/mol. The summed E-state index contributed by atoms with van der Waals surface area (Å²) in [5, 5.41) is 0.699. The Morgan fingerprint density at radius 2 is 2.12 bits per heavy atom. The molecule has 2 heterocycles. The number of benzene rings is 1. The molecule has 0 spiro atoms. The van der Waals surface area contributed by atoms with Gasteiger partial charge in [-0.15, -0.1) is 0 Å². The lowest BCUT2D eigenvalue weighted by Gasteiger charge is -2.36. The normalized spacial score (nSPS) is 19.3. The van der Waals surface area contributed by atoms with Crippen molar-refractivity contribution in [1.82, 2.24) is 14.9 Å². The smallest absolute Gasteiger partial charge is 0.236 e. The van der Waals surface area contributed by atoms with Crippen molar-refractivity contribution in [3.63, 3.8) is 0 Å². The van der Waals surface area contributed by atoms with Crippen LogP contribution in [0.3, 0.4) is 0 Å². The van der Waals surface area contributed by atoms with Crippen molar-refractivity contribution in [2.45, 2.75) is 37.5 Å². The highest BCUT2D eigenvalue weighted by molar-refractivity contribution is 7.99. The minimum atomic E-state index is -0.0173. The van der Waals surface area contributed by atoms with E-state index in [2.05, 4.69) is 9.97 Å². The Balaban J connectivity index is 1.84. The highest BCUT2D eigenvalue weighted by atomic mass is 35.5. The first kappa shape index (κ1) is 17.4. The number of H-pyrrole nitrogens is 1. The van der Waals surface area contributed by atoms with E-state index in [0.29, 0.717) is 5.02 Å². The molecule has 1 fully saturated rings. The molecule has 3 rings (SSSR count). The van der Waals surface area contributed by atoms with Gasteiger partial charge in [0.25, 0.3) is 0 Å². The first-order valence-corrected chi connectivity index (χ1v) is 9.91. The predicted octanol–water partition coefficient (Wildman–Crippen LogP) is 4.54. The molecule has 0 saturated carbocycles. The SMILES string of the molecule is CSC(C)C(=O)N1CCCCC1c1ncc(-c2ccc(Cl)cc2)[nH]1. The highest BCUT2D eigenvalue weighted by Gasteiger charge is 2.32. The molecule has 2 aromatic rings. The van der Waals surface area contributed by atoms with Gasteiger partial charge in [-0.3, -0.25) is 4.79 Å². The fourth-order valence-corrected chi connectivity index (χ4v) is 3.56. The van der Waals surface area contributed by atoms with Crippen molar-refractivity contribution < 1.29 is 4.79 Å². The topological polar surface area (TPSA) is 49.0 Å². The molecule has 128 valence electrons. The maximum absolute atomic E-state index is 12.7. The first-order chi connectivity index (χ1) is 11.6. The van der Waals surface area contributed by atoms with Gasteiger partial charge in [0.15, 0.2) is 0 Å². The minimum absolute atomic E-state index is 0.0173. The average Bonchev–Trinajstić information content (AvgIpc) is 3.11. The molecule has 1 aromatic carbocycles. The molecule has 2 atom stereocenters. The molecule has 0 aliphatic carbocycles. The maximum atomic E-state index is 12.7. The summed E-state index contributed by atoms with van der Waals surface area (Å²) in [6.07, 6.45) is 6.97. The Hall–Kier alpha value is -1.46. The number of carbonyl (C=O) groups excluding carboxylic acids is 1. The number of piperidine rings is 1. The second kappa shape index (κ2) is 7.62. The molecule has 1 aromatic heterocycles. The van der Waals surface area contributed by atoms with Crippen LogP contribution < -0.4 is 0 Å². The zero-order valence-electron chi connectivity index (χ0n) is 14.0. The number of hydrogen-bond acceptors (Lipinski definition) is 3. The third-order valence-corrected chi connectivity index (χ3v) is 5.71. The van der Waals surface area contributed by atoms with Crippen molar-refractivity contribution in [2.24, 2.45) is 0 Å². The van der Waals surface area contributed by atoms with Gasteiger partial charge in [-0.05, 0) is 50.1 Å². The molecule has 24 heavy (non-hydrogen) atoms. The number of halogens is 1. The van der Waals surface area contributed by atoms with Crippen LogP contribution >= 0.6 is 23.4 Å². The molecule has 6 heteroatoms. The van der Waals surface area contributed by atoms with Gasteiger partial charge >= 0.3 is 0 Å². The van der Waals surface area contributed by atoms with Crippen molar-refractivity contribution in [3.05, 3.63) is 41.3 Å². The third-order valence-electron chi connectivity index (χ3n) is 4.55. The van der Waals surface area contributed by atoms with Crippen LogP contribution in [0.5, 0.6) is 0 Å². The van der Waals surface area contributed by atoms with Crippen LogP contribution in [0.1, 0.15) is 38.1 Å². The summed E-state index contributed by atoms with van der Waals surface area (Å²) >= 11 is 7.54. The third kappa shape index (κ3) is 3.62. The number of aromatic nitrogens is 2. The summed E-state index contributed by atoms with van der Waals surface area (Å²) in [4.78, 5) is 22.6. The fourth-order valence-electron chi connectivity index (χ4n) is 3.10. The number of nitrogens with zero attached hydrogens (tertiary/aromatic N) is 2. The van der Waals surface area contributed by atoms with Crippen LogP contribution in [0.25, 0.3) is 11.3 Å². The summed E-state index contributed by atoms with van der Waals surface area (Å²) in [6.45, 7) is 2.78. The van der Waals surface area contributed by atoms with Crippen molar-refractivity contribution in [3.8, 4) is 11.3 Å². The lowest BCUT2D eigenvalue weighted by molar-refractivity contribution is -0.134. The number of rotatable bonds is 4. The molecular weight excluding hydrogens is 342 g/mol. The van der Waals surface area contributed by atoms with Crippen molar-refractivity contribution >= 4 is 29.3 Å². The van der Waals surface area contributed by atoms with Crippen LogP contribution in [0, 0.1) is 0 Å². The van der Waals surface area contributed by atoms with Gasteiger partial charge < -0.3 is 9.88 Å². The number of imidazole rings is 1. The second-order valence-corrected chi connectivity index (χ2v) is 7.73. The molecule has 2 unspecified atom stereocenters. The fraction of sp³-hybridized carbons (Fsp3) is 0.444. The highest BCUT2D eigenvalue weighted by Crippen LogP contribution is 2.32. The van der Waals surface area contributed by atoms with Gasteiger partial charge in [-0.1, -0.05) is 23.7 Å². The number of amides is 1. The zero-order chi connectivity index (χ0) is 17.1. The van der Waals surface area contributed by atoms with E-state index < -0.39 is 0 Å². The Morgan fingerprint density at radius 3 is 2.83 bits per heavy atom. The lowest BCUT2D eigenvalue weighted by atomic mass is 10.0.